The van der Waals surface area contributed by atoms with E-state index in [0.29, 0.717) is 4.90 Å². The summed E-state index contributed by atoms with van der Waals surface area (Å²) in [4.78, 5) is 22.4. The van der Waals surface area contributed by atoms with Crippen molar-refractivity contribution in [1.29, 1.82) is 0 Å². The zero-order valence-corrected chi connectivity index (χ0v) is 11.3. The van der Waals surface area contributed by atoms with Crippen LogP contribution in [0.4, 0.5) is 13.2 Å². The van der Waals surface area contributed by atoms with Gasteiger partial charge in [-0.2, -0.15) is 13.2 Å². The largest absolute Gasteiger partial charge is 0.416 e. The van der Waals surface area contributed by atoms with Crippen LogP contribution in [-0.4, -0.2) is 17.3 Å². The second-order valence-electron chi connectivity index (χ2n) is 4.19. The fourth-order valence-corrected chi connectivity index (χ4v) is 2.30. The molecule has 0 saturated heterocycles. The summed E-state index contributed by atoms with van der Waals surface area (Å²) in [6, 6.07) is 3.61. The van der Waals surface area contributed by atoms with Crippen LogP contribution in [0.5, 0.6) is 0 Å². The van der Waals surface area contributed by atoms with E-state index in [-0.39, 0.29) is 29.3 Å². The number of carbonyl (C=O) groups excluding carboxylic acids is 2. The summed E-state index contributed by atoms with van der Waals surface area (Å²) in [7, 11) is 0. The molecule has 0 spiro atoms. The molecule has 19 heavy (non-hydrogen) atoms. The first-order valence-corrected chi connectivity index (χ1v) is 6.50. The van der Waals surface area contributed by atoms with E-state index in [4.69, 9.17) is 0 Å². The molecule has 0 aromatic heterocycles. The fourth-order valence-electron chi connectivity index (χ4n) is 1.54. The standard InChI is InChI=1S/C13H13F3O2S/c1-8(17)5-10-6-11(19-7-9(2)18)3-4-12(10)13(14,15)16/h3-4,6H,5,7H2,1-2H3. The molecule has 104 valence electrons. The van der Waals surface area contributed by atoms with Gasteiger partial charge in [-0.1, -0.05) is 0 Å². The van der Waals surface area contributed by atoms with E-state index in [9.17, 15) is 22.8 Å². The van der Waals surface area contributed by atoms with Crippen molar-refractivity contribution in [2.24, 2.45) is 0 Å². The van der Waals surface area contributed by atoms with Crippen molar-refractivity contribution in [3.63, 3.8) is 0 Å². The average Bonchev–Trinajstić information content (AvgIpc) is 2.24. The summed E-state index contributed by atoms with van der Waals surface area (Å²) >= 11 is 1.16. The van der Waals surface area contributed by atoms with Crippen LogP contribution in [0.1, 0.15) is 25.0 Å². The van der Waals surface area contributed by atoms with E-state index in [2.05, 4.69) is 0 Å². The Labute approximate surface area is 113 Å². The molecule has 0 amide bonds. The lowest BCUT2D eigenvalue weighted by molar-refractivity contribution is -0.138. The first-order chi connectivity index (χ1) is 8.70. The number of ketones is 2. The minimum absolute atomic E-state index is 0.0476. The lowest BCUT2D eigenvalue weighted by Gasteiger charge is -2.13. The molecule has 2 nitrogen and oxygen atoms in total. The summed E-state index contributed by atoms with van der Waals surface area (Å²) < 4.78 is 38.3. The molecule has 0 bridgehead atoms. The highest BCUT2D eigenvalue weighted by Crippen LogP contribution is 2.34. The van der Waals surface area contributed by atoms with E-state index >= 15 is 0 Å². The van der Waals surface area contributed by atoms with E-state index in [1.807, 2.05) is 0 Å². The summed E-state index contributed by atoms with van der Waals surface area (Å²) in [5.74, 6) is -0.192. The van der Waals surface area contributed by atoms with Crippen molar-refractivity contribution < 1.29 is 22.8 Å². The average molecular weight is 290 g/mol. The van der Waals surface area contributed by atoms with Gasteiger partial charge in [-0.05, 0) is 37.6 Å². The van der Waals surface area contributed by atoms with Crippen LogP contribution < -0.4 is 0 Å². The van der Waals surface area contributed by atoms with Gasteiger partial charge < -0.3 is 0 Å². The SMILES string of the molecule is CC(=O)CSc1ccc(C(F)(F)F)c(CC(C)=O)c1. The number of benzene rings is 1. The van der Waals surface area contributed by atoms with Crippen molar-refractivity contribution >= 4 is 23.3 Å². The highest BCUT2D eigenvalue weighted by molar-refractivity contribution is 8.00. The van der Waals surface area contributed by atoms with Crippen LogP contribution in [-0.2, 0) is 22.2 Å². The van der Waals surface area contributed by atoms with Crippen molar-refractivity contribution in [2.75, 3.05) is 5.75 Å². The van der Waals surface area contributed by atoms with Crippen molar-refractivity contribution in [1.82, 2.24) is 0 Å². The number of halogens is 3. The van der Waals surface area contributed by atoms with E-state index < -0.39 is 11.7 Å². The van der Waals surface area contributed by atoms with Crippen molar-refractivity contribution in [2.45, 2.75) is 31.3 Å². The van der Waals surface area contributed by atoms with Crippen LogP contribution in [0.2, 0.25) is 0 Å². The monoisotopic (exact) mass is 290 g/mol. The number of rotatable bonds is 5. The quantitative estimate of drug-likeness (QED) is 0.778. The van der Waals surface area contributed by atoms with Crippen LogP contribution in [0.25, 0.3) is 0 Å². The maximum Gasteiger partial charge on any atom is 0.416 e. The summed E-state index contributed by atoms with van der Waals surface area (Å²) in [5, 5.41) is 0. The maximum atomic E-state index is 12.8. The molecular weight excluding hydrogens is 277 g/mol. The molecule has 0 heterocycles. The lowest BCUT2D eigenvalue weighted by Crippen LogP contribution is -2.11. The molecule has 0 saturated carbocycles. The Bertz CT molecular complexity index is 495. The molecule has 0 aliphatic heterocycles. The second-order valence-corrected chi connectivity index (χ2v) is 5.23. The number of hydrogen-bond acceptors (Lipinski definition) is 3. The normalized spacial score (nSPS) is 11.4. The van der Waals surface area contributed by atoms with Gasteiger partial charge in [0.25, 0.3) is 0 Å². The van der Waals surface area contributed by atoms with E-state index in [0.717, 1.165) is 17.8 Å². The predicted octanol–water partition coefficient (Wildman–Crippen LogP) is 3.52. The van der Waals surface area contributed by atoms with Gasteiger partial charge in [0, 0.05) is 11.3 Å². The predicted molar refractivity (Wildman–Crippen MR) is 67.2 cm³/mol. The van der Waals surface area contributed by atoms with Crippen molar-refractivity contribution in [3.8, 4) is 0 Å². The third-order valence-corrected chi connectivity index (χ3v) is 3.40. The Kier molecular flexibility index (Phi) is 5.17. The van der Waals surface area contributed by atoms with Gasteiger partial charge in [-0.25, -0.2) is 0 Å². The Morgan fingerprint density at radius 1 is 1.16 bits per heavy atom. The zero-order chi connectivity index (χ0) is 14.6. The number of hydrogen-bond donors (Lipinski definition) is 0. The second kappa shape index (κ2) is 6.23. The summed E-state index contributed by atoms with van der Waals surface area (Å²) in [6.45, 7) is 2.66. The first-order valence-electron chi connectivity index (χ1n) is 5.52. The molecule has 0 aliphatic rings. The molecule has 0 atom stereocenters. The lowest BCUT2D eigenvalue weighted by atomic mass is 10.0. The fraction of sp³-hybridized carbons (Fsp3) is 0.385. The molecule has 0 unspecified atom stereocenters. The van der Waals surface area contributed by atoms with Gasteiger partial charge >= 0.3 is 6.18 Å². The van der Waals surface area contributed by atoms with Gasteiger partial charge in [0.15, 0.2) is 0 Å². The third-order valence-electron chi connectivity index (χ3n) is 2.26. The number of thioether (sulfide) groups is 1. The molecule has 1 rings (SSSR count). The van der Waals surface area contributed by atoms with Gasteiger partial charge in [-0.3, -0.25) is 9.59 Å². The Morgan fingerprint density at radius 3 is 2.26 bits per heavy atom. The van der Waals surface area contributed by atoms with Crippen molar-refractivity contribution in [3.05, 3.63) is 29.3 Å². The number of Topliss-reactive ketones (excluding diaryl/α,β-unsaturated/α-hetero) is 2. The smallest absolute Gasteiger partial charge is 0.300 e. The molecule has 1 aromatic carbocycles. The Hall–Kier alpha value is -1.30. The topological polar surface area (TPSA) is 34.1 Å². The van der Waals surface area contributed by atoms with Crippen LogP contribution >= 0.6 is 11.8 Å². The molecule has 0 radical (unpaired) electrons. The highest BCUT2D eigenvalue weighted by atomic mass is 32.2. The van der Waals surface area contributed by atoms with Crippen LogP contribution in [0.3, 0.4) is 0 Å². The minimum atomic E-state index is -4.48. The molecule has 6 heteroatoms. The number of carbonyl (C=O) groups is 2. The number of alkyl halides is 3. The molecule has 0 N–H and O–H groups in total. The van der Waals surface area contributed by atoms with E-state index in [1.165, 1.54) is 26.0 Å². The van der Waals surface area contributed by atoms with Gasteiger partial charge in [0.1, 0.15) is 11.6 Å². The first kappa shape index (κ1) is 15.8. The van der Waals surface area contributed by atoms with Gasteiger partial charge in [-0.15, -0.1) is 11.8 Å². The Morgan fingerprint density at radius 2 is 1.79 bits per heavy atom. The Balaban J connectivity index is 3.08. The maximum absolute atomic E-state index is 12.8. The van der Waals surface area contributed by atoms with Crippen LogP contribution in [0, 0.1) is 0 Å². The van der Waals surface area contributed by atoms with E-state index in [1.54, 1.807) is 0 Å². The third kappa shape index (κ3) is 5.06. The highest BCUT2D eigenvalue weighted by Gasteiger charge is 2.33. The molecule has 1 aromatic rings. The summed E-state index contributed by atoms with van der Waals surface area (Å²) in [5.41, 5.74) is -0.844. The zero-order valence-electron chi connectivity index (χ0n) is 10.5. The molecule has 0 aliphatic carbocycles. The minimum Gasteiger partial charge on any atom is -0.300 e. The van der Waals surface area contributed by atoms with Gasteiger partial charge in [0.2, 0.25) is 0 Å². The van der Waals surface area contributed by atoms with Gasteiger partial charge in [0.05, 0.1) is 11.3 Å². The molecular formula is C13H13F3O2S. The van der Waals surface area contributed by atoms with Crippen LogP contribution in [0.15, 0.2) is 23.1 Å². The molecule has 0 fully saturated rings. The summed E-state index contributed by atoms with van der Waals surface area (Å²) in [6.07, 6.45) is -4.74.